The normalized spacial score (nSPS) is 18.1. The number of hydrogen-bond donors (Lipinski definition) is 1. The van der Waals surface area contributed by atoms with Gasteiger partial charge in [0.05, 0.1) is 22.2 Å². The number of likely N-dealkylation sites (tertiary alicyclic amines) is 1. The number of nitrogens with one attached hydrogen (secondary N) is 1. The Kier molecular flexibility index (Phi) is 6.68. The van der Waals surface area contributed by atoms with Crippen LogP contribution in [0.4, 0.5) is 18.9 Å². The lowest BCUT2D eigenvalue weighted by atomic mass is 9.96. The third-order valence-electron chi connectivity index (χ3n) is 4.72. The van der Waals surface area contributed by atoms with Gasteiger partial charge in [-0.25, -0.2) is 0 Å². The van der Waals surface area contributed by atoms with Crippen molar-refractivity contribution in [3.05, 3.63) is 63.1 Å². The molecule has 1 aliphatic rings. The van der Waals surface area contributed by atoms with E-state index in [-0.39, 0.29) is 22.5 Å². The van der Waals surface area contributed by atoms with E-state index in [4.69, 9.17) is 11.6 Å². The van der Waals surface area contributed by atoms with Gasteiger partial charge in [0.15, 0.2) is 0 Å². The van der Waals surface area contributed by atoms with Crippen molar-refractivity contribution in [1.29, 1.82) is 0 Å². The van der Waals surface area contributed by atoms with Crippen LogP contribution in [-0.2, 0) is 17.5 Å². The van der Waals surface area contributed by atoms with E-state index in [1.54, 1.807) is 0 Å². The number of carbonyl (C=O) groups is 1. The van der Waals surface area contributed by atoms with E-state index in [0.29, 0.717) is 19.5 Å². The Hall–Kier alpha value is -1.57. The molecule has 1 atom stereocenters. The molecule has 1 N–H and O–H groups in total. The first-order chi connectivity index (χ1) is 13.2. The van der Waals surface area contributed by atoms with Crippen molar-refractivity contribution in [3.8, 4) is 0 Å². The number of halogens is 5. The van der Waals surface area contributed by atoms with E-state index in [1.165, 1.54) is 0 Å². The van der Waals surface area contributed by atoms with E-state index in [2.05, 4.69) is 26.1 Å². The highest BCUT2D eigenvalue weighted by molar-refractivity contribution is 9.10. The summed E-state index contributed by atoms with van der Waals surface area (Å²) in [6.07, 6.45) is -2.95. The number of piperidine rings is 1. The molecular weight excluding hydrogens is 457 g/mol. The highest BCUT2D eigenvalue weighted by atomic mass is 79.9. The summed E-state index contributed by atoms with van der Waals surface area (Å²) in [6, 6.07) is 10.9. The zero-order valence-corrected chi connectivity index (χ0v) is 17.2. The molecule has 0 spiro atoms. The summed E-state index contributed by atoms with van der Waals surface area (Å²) in [5.74, 6) is -0.605. The van der Waals surface area contributed by atoms with Crippen LogP contribution in [0.5, 0.6) is 0 Å². The molecule has 0 saturated carbocycles. The summed E-state index contributed by atoms with van der Waals surface area (Å²) in [6.45, 7) is 2.14. The number of carbonyl (C=O) groups excluding carboxylic acids is 1. The predicted molar refractivity (Wildman–Crippen MR) is 107 cm³/mol. The molecule has 0 radical (unpaired) electrons. The van der Waals surface area contributed by atoms with Gasteiger partial charge in [-0.15, -0.1) is 0 Å². The van der Waals surface area contributed by atoms with Gasteiger partial charge in [-0.2, -0.15) is 13.2 Å². The Morgan fingerprint density at radius 3 is 2.75 bits per heavy atom. The topological polar surface area (TPSA) is 32.3 Å². The molecule has 1 aliphatic heterocycles. The molecule has 2 aromatic rings. The first-order valence-corrected chi connectivity index (χ1v) is 10.0. The highest BCUT2D eigenvalue weighted by Gasteiger charge is 2.32. The van der Waals surface area contributed by atoms with Gasteiger partial charge in [-0.3, -0.25) is 9.69 Å². The molecule has 1 saturated heterocycles. The number of alkyl halides is 3. The number of hydrogen-bond acceptors (Lipinski definition) is 2. The minimum absolute atomic E-state index is 0.00870. The van der Waals surface area contributed by atoms with Crippen LogP contribution < -0.4 is 5.32 Å². The van der Waals surface area contributed by atoms with Crippen LogP contribution in [0, 0.1) is 5.92 Å². The van der Waals surface area contributed by atoms with E-state index in [9.17, 15) is 18.0 Å². The van der Waals surface area contributed by atoms with Crippen LogP contribution in [0.1, 0.15) is 24.0 Å². The average molecular weight is 476 g/mol. The quantitative estimate of drug-likeness (QED) is 0.591. The molecule has 1 amide bonds. The summed E-state index contributed by atoms with van der Waals surface area (Å²) < 4.78 is 39.7. The smallest absolute Gasteiger partial charge is 0.324 e. The molecule has 2 aromatic carbocycles. The van der Waals surface area contributed by atoms with E-state index >= 15 is 0 Å². The van der Waals surface area contributed by atoms with Gasteiger partial charge < -0.3 is 5.32 Å². The van der Waals surface area contributed by atoms with Crippen molar-refractivity contribution < 1.29 is 18.0 Å². The molecule has 8 heteroatoms. The van der Waals surface area contributed by atoms with Crippen molar-refractivity contribution in [2.45, 2.75) is 25.6 Å². The molecule has 0 aromatic heterocycles. The van der Waals surface area contributed by atoms with Gasteiger partial charge in [0, 0.05) is 17.6 Å². The van der Waals surface area contributed by atoms with Gasteiger partial charge in [-0.05, 0) is 55.3 Å². The lowest BCUT2D eigenvalue weighted by Gasteiger charge is -2.32. The third-order valence-corrected chi connectivity index (χ3v) is 5.55. The molecule has 3 rings (SSSR count). The number of benzene rings is 2. The summed E-state index contributed by atoms with van der Waals surface area (Å²) in [7, 11) is 0. The van der Waals surface area contributed by atoms with Crippen molar-refractivity contribution in [2.75, 3.05) is 18.4 Å². The van der Waals surface area contributed by atoms with Crippen LogP contribution in [0.3, 0.4) is 0 Å². The molecular formula is C20H19BrClF3N2O. The predicted octanol–water partition coefficient (Wildman–Crippen LogP) is 5.97. The number of rotatable bonds is 4. The van der Waals surface area contributed by atoms with Crippen LogP contribution in [-0.4, -0.2) is 23.9 Å². The van der Waals surface area contributed by atoms with Gasteiger partial charge in [-0.1, -0.05) is 39.7 Å². The lowest BCUT2D eigenvalue weighted by molar-refractivity contribution is -0.137. The minimum Gasteiger partial charge on any atom is -0.324 e. The summed E-state index contributed by atoms with van der Waals surface area (Å²) in [5, 5.41) is 2.67. The van der Waals surface area contributed by atoms with E-state index < -0.39 is 11.7 Å². The Morgan fingerprint density at radius 2 is 2.04 bits per heavy atom. The molecule has 1 unspecified atom stereocenters. The van der Waals surface area contributed by atoms with Crippen molar-refractivity contribution in [1.82, 2.24) is 4.90 Å². The maximum Gasteiger partial charge on any atom is 0.416 e. The molecule has 3 nitrogen and oxygen atoms in total. The summed E-state index contributed by atoms with van der Waals surface area (Å²) in [5.41, 5.74) is 0.286. The second-order valence-corrected chi connectivity index (χ2v) is 8.21. The lowest BCUT2D eigenvalue weighted by Crippen LogP contribution is -2.40. The van der Waals surface area contributed by atoms with Crippen molar-refractivity contribution in [2.24, 2.45) is 5.92 Å². The van der Waals surface area contributed by atoms with Crippen molar-refractivity contribution >= 4 is 39.1 Å². The Morgan fingerprint density at radius 1 is 1.25 bits per heavy atom. The SMILES string of the molecule is O=C(Nc1cc(C(F)(F)F)ccc1Cl)C1CCCN(Cc2cccc(Br)c2)C1. The molecule has 150 valence electrons. The second-order valence-electron chi connectivity index (χ2n) is 6.89. The first-order valence-electron chi connectivity index (χ1n) is 8.87. The Bertz CT molecular complexity index is 860. The van der Waals surface area contributed by atoms with Crippen LogP contribution in [0.2, 0.25) is 5.02 Å². The third kappa shape index (κ3) is 5.49. The highest BCUT2D eigenvalue weighted by Crippen LogP contribution is 2.34. The van der Waals surface area contributed by atoms with Gasteiger partial charge in [0.2, 0.25) is 5.91 Å². The summed E-state index contributed by atoms with van der Waals surface area (Å²) >= 11 is 9.43. The maximum absolute atomic E-state index is 12.9. The molecule has 1 heterocycles. The number of nitrogens with zero attached hydrogens (tertiary/aromatic N) is 1. The fourth-order valence-electron chi connectivity index (χ4n) is 3.34. The van der Waals surface area contributed by atoms with Gasteiger partial charge in [0.25, 0.3) is 0 Å². The fourth-order valence-corrected chi connectivity index (χ4v) is 3.95. The standard InChI is InChI=1S/C20H19BrClF3N2O/c21-16-5-1-3-13(9-16)11-27-8-2-4-14(12-27)19(28)26-18-10-15(20(23,24)25)6-7-17(18)22/h1,3,5-7,9-10,14H,2,4,8,11-12H2,(H,26,28). The van der Waals surface area contributed by atoms with Gasteiger partial charge in [0.1, 0.15) is 0 Å². The minimum atomic E-state index is -4.49. The van der Waals surface area contributed by atoms with Gasteiger partial charge >= 0.3 is 6.18 Å². The van der Waals surface area contributed by atoms with E-state index in [0.717, 1.165) is 41.2 Å². The monoisotopic (exact) mass is 474 g/mol. The van der Waals surface area contributed by atoms with Crippen LogP contribution >= 0.6 is 27.5 Å². The van der Waals surface area contributed by atoms with E-state index in [1.807, 2.05) is 24.3 Å². The second kappa shape index (κ2) is 8.84. The molecule has 0 bridgehead atoms. The average Bonchev–Trinajstić information content (AvgIpc) is 2.63. The van der Waals surface area contributed by atoms with Crippen LogP contribution in [0.15, 0.2) is 46.9 Å². The maximum atomic E-state index is 12.9. The number of amides is 1. The summed E-state index contributed by atoms with van der Waals surface area (Å²) in [4.78, 5) is 14.8. The fraction of sp³-hybridized carbons (Fsp3) is 0.350. The number of anilines is 1. The Labute approximate surface area is 175 Å². The van der Waals surface area contributed by atoms with Crippen molar-refractivity contribution in [3.63, 3.8) is 0 Å². The largest absolute Gasteiger partial charge is 0.416 e. The molecule has 28 heavy (non-hydrogen) atoms. The van der Waals surface area contributed by atoms with Crippen LogP contribution in [0.25, 0.3) is 0 Å². The molecule has 0 aliphatic carbocycles. The Balaban J connectivity index is 1.66. The first kappa shape index (κ1) is 21.1. The zero-order valence-electron chi connectivity index (χ0n) is 14.9. The zero-order chi connectivity index (χ0) is 20.3. The molecule has 1 fully saturated rings.